The van der Waals surface area contributed by atoms with Crippen LogP contribution >= 0.6 is 23.1 Å². The third kappa shape index (κ3) is 4.88. The van der Waals surface area contributed by atoms with Gasteiger partial charge >= 0.3 is 0 Å². The number of aromatic nitrogens is 1. The molecule has 0 unspecified atom stereocenters. The van der Waals surface area contributed by atoms with Crippen molar-refractivity contribution >= 4 is 39.2 Å². The van der Waals surface area contributed by atoms with E-state index in [0.29, 0.717) is 25.4 Å². The number of thiazole rings is 1. The highest BCUT2D eigenvalue weighted by Crippen LogP contribution is 2.29. The fraction of sp³-hybridized carbons (Fsp3) is 0.333. The minimum absolute atomic E-state index is 0.143. The topological polar surface area (TPSA) is 45.7 Å². The first-order valence-corrected chi connectivity index (χ1v) is 11.2. The van der Waals surface area contributed by atoms with E-state index in [4.69, 9.17) is 4.74 Å². The number of methoxy groups -OCH3 is 1. The summed E-state index contributed by atoms with van der Waals surface area (Å²) in [6, 6.07) is 13.1. The molecule has 3 aromatic rings. The summed E-state index contributed by atoms with van der Waals surface area (Å²) in [6.45, 7) is 3.62. The second kappa shape index (κ2) is 9.11. The zero-order valence-electron chi connectivity index (χ0n) is 16.1. The van der Waals surface area contributed by atoms with E-state index in [1.54, 1.807) is 17.4 Å². The molecule has 0 radical (unpaired) electrons. The lowest BCUT2D eigenvalue weighted by atomic mass is 10.2. The molecule has 2 heterocycles. The van der Waals surface area contributed by atoms with Gasteiger partial charge in [0.25, 0.3) is 0 Å². The first-order valence-electron chi connectivity index (χ1n) is 9.43. The molecule has 1 saturated heterocycles. The lowest BCUT2D eigenvalue weighted by molar-refractivity contribution is -0.130. The van der Waals surface area contributed by atoms with Crippen molar-refractivity contribution in [2.75, 3.05) is 39.0 Å². The monoisotopic (exact) mass is 431 g/mol. The van der Waals surface area contributed by atoms with Gasteiger partial charge in [-0.1, -0.05) is 30.0 Å². The number of carbonyl (C=O) groups excluding carboxylic acids is 1. The Kier molecular flexibility index (Phi) is 6.32. The van der Waals surface area contributed by atoms with Gasteiger partial charge in [-0.15, -0.1) is 11.3 Å². The van der Waals surface area contributed by atoms with Gasteiger partial charge in [0.15, 0.2) is 15.9 Å². The van der Waals surface area contributed by atoms with Crippen LogP contribution in [0.25, 0.3) is 10.2 Å². The van der Waals surface area contributed by atoms with Gasteiger partial charge in [0, 0.05) is 32.7 Å². The highest BCUT2D eigenvalue weighted by molar-refractivity contribution is 8.01. The van der Waals surface area contributed by atoms with Crippen molar-refractivity contribution in [3.05, 3.63) is 53.8 Å². The lowest BCUT2D eigenvalue weighted by Crippen LogP contribution is -2.48. The van der Waals surface area contributed by atoms with E-state index in [1.807, 2.05) is 35.2 Å². The maximum atomic E-state index is 13.9. The number of carbonyl (C=O) groups is 1. The Morgan fingerprint density at radius 3 is 2.72 bits per heavy atom. The second-order valence-electron chi connectivity index (χ2n) is 6.86. The number of fused-ring (bicyclic) bond motifs is 1. The average Bonchev–Trinajstić information content (AvgIpc) is 3.16. The molecule has 1 amide bonds. The number of para-hydroxylation sites is 1. The summed E-state index contributed by atoms with van der Waals surface area (Å²) < 4.78 is 20.9. The van der Waals surface area contributed by atoms with Crippen molar-refractivity contribution in [1.29, 1.82) is 0 Å². The van der Waals surface area contributed by atoms with Gasteiger partial charge in [0.1, 0.15) is 0 Å². The van der Waals surface area contributed by atoms with Crippen LogP contribution in [0.4, 0.5) is 4.39 Å². The number of nitrogens with zero attached hydrogens (tertiary/aromatic N) is 3. The number of piperazine rings is 1. The van der Waals surface area contributed by atoms with Crippen LogP contribution in [-0.4, -0.2) is 59.7 Å². The van der Waals surface area contributed by atoms with E-state index in [0.717, 1.165) is 33.2 Å². The average molecular weight is 432 g/mol. The fourth-order valence-electron chi connectivity index (χ4n) is 3.35. The second-order valence-corrected chi connectivity index (χ2v) is 9.12. The molecule has 0 atom stereocenters. The van der Waals surface area contributed by atoms with Crippen molar-refractivity contribution in [3.8, 4) is 5.75 Å². The quantitative estimate of drug-likeness (QED) is 0.555. The Hall–Kier alpha value is -2.16. The third-order valence-corrected chi connectivity index (χ3v) is 7.10. The number of ether oxygens (including phenoxy) is 1. The third-order valence-electron chi connectivity index (χ3n) is 4.94. The minimum Gasteiger partial charge on any atom is -0.494 e. The van der Waals surface area contributed by atoms with Crippen LogP contribution in [-0.2, 0) is 11.3 Å². The highest BCUT2D eigenvalue weighted by atomic mass is 32.2. The fourth-order valence-corrected chi connectivity index (χ4v) is 5.32. The molecule has 1 fully saturated rings. The van der Waals surface area contributed by atoms with E-state index >= 15 is 0 Å². The van der Waals surface area contributed by atoms with Crippen molar-refractivity contribution in [3.63, 3.8) is 0 Å². The maximum absolute atomic E-state index is 13.9. The molecule has 1 aliphatic rings. The van der Waals surface area contributed by atoms with Crippen LogP contribution < -0.4 is 4.74 Å². The predicted molar refractivity (Wildman–Crippen MR) is 115 cm³/mol. The van der Waals surface area contributed by atoms with E-state index < -0.39 is 0 Å². The Morgan fingerprint density at radius 2 is 2.00 bits per heavy atom. The van der Waals surface area contributed by atoms with E-state index in [-0.39, 0.29) is 17.5 Å². The van der Waals surface area contributed by atoms with Gasteiger partial charge in [-0.3, -0.25) is 9.69 Å². The Balaban J connectivity index is 1.25. The largest absolute Gasteiger partial charge is 0.494 e. The number of thioether (sulfide) groups is 1. The molecule has 1 aromatic heterocycles. The molecule has 0 aliphatic carbocycles. The molecular formula is C21H22FN3O2S2. The van der Waals surface area contributed by atoms with Crippen LogP contribution in [0.2, 0.25) is 0 Å². The van der Waals surface area contributed by atoms with Crippen molar-refractivity contribution in [2.24, 2.45) is 0 Å². The maximum Gasteiger partial charge on any atom is 0.233 e. The van der Waals surface area contributed by atoms with E-state index in [1.165, 1.54) is 24.9 Å². The number of amides is 1. The van der Waals surface area contributed by atoms with Crippen LogP contribution in [0.15, 0.2) is 46.8 Å². The lowest BCUT2D eigenvalue weighted by Gasteiger charge is -2.34. The number of benzene rings is 2. The van der Waals surface area contributed by atoms with Crippen LogP contribution in [0.3, 0.4) is 0 Å². The smallest absolute Gasteiger partial charge is 0.233 e. The normalized spacial score (nSPS) is 15.0. The molecule has 0 N–H and O–H groups in total. The van der Waals surface area contributed by atoms with Gasteiger partial charge in [0.05, 0.1) is 23.1 Å². The number of halogens is 1. The van der Waals surface area contributed by atoms with Gasteiger partial charge in [-0.05, 0) is 29.8 Å². The highest BCUT2D eigenvalue weighted by Gasteiger charge is 2.22. The summed E-state index contributed by atoms with van der Waals surface area (Å²) in [5.41, 5.74) is 1.89. The van der Waals surface area contributed by atoms with Crippen LogP contribution in [0, 0.1) is 5.82 Å². The zero-order valence-corrected chi connectivity index (χ0v) is 17.8. The van der Waals surface area contributed by atoms with E-state index in [2.05, 4.69) is 9.88 Å². The molecule has 29 heavy (non-hydrogen) atoms. The molecule has 0 bridgehead atoms. The van der Waals surface area contributed by atoms with Gasteiger partial charge in [-0.2, -0.15) is 0 Å². The molecular weight excluding hydrogens is 409 g/mol. The molecule has 4 rings (SSSR count). The molecule has 0 saturated carbocycles. The van der Waals surface area contributed by atoms with Gasteiger partial charge in [-0.25, -0.2) is 9.37 Å². The Morgan fingerprint density at radius 1 is 1.21 bits per heavy atom. The van der Waals surface area contributed by atoms with Crippen molar-refractivity contribution in [2.45, 2.75) is 10.9 Å². The summed E-state index contributed by atoms with van der Waals surface area (Å²) in [6.07, 6.45) is 0. The predicted octanol–water partition coefficient (Wildman–Crippen LogP) is 3.88. The SMILES string of the molecule is COc1ccc(CN2CCN(C(=O)CSc3nc4ccccc4s3)CC2)cc1F. The van der Waals surface area contributed by atoms with Gasteiger partial charge < -0.3 is 9.64 Å². The molecule has 1 aliphatic heterocycles. The number of rotatable bonds is 6. The molecule has 2 aromatic carbocycles. The van der Waals surface area contributed by atoms with Crippen molar-refractivity contribution < 1.29 is 13.9 Å². The van der Waals surface area contributed by atoms with Crippen molar-refractivity contribution in [1.82, 2.24) is 14.8 Å². The van der Waals surface area contributed by atoms with Crippen LogP contribution in [0.1, 0.15) is 5.56 Å². The van der Waals surface area contributed by atoms with Crippen LogP contribution in [0.5, 0.6) is 5.75 Å². The number of hydrogen-bond donors (Lipinski definition) is 0. The summed E-state index contributed by atoms with van der Waals surface area (Å²) in [4.78, 5) is 21.3. The minimum atomic E-state index is -0.342. The molecule has 152 valence electrons. The zero-order chi connectivity index (χ0) is 20.2. The first-order chi connectivity index (χ1) is 14.1. The standard InChI is InChI=1S/C21H22FN3O2S2/c1-27-18-7-6-15(12-16(18)22)13-24-8-10-25(11-9-24)20(26)14-28-21-23-17-4-2-3-5-19(17)29-21/h2-7,12H,8-11,13-14H2,1H3. The summed E-state index contributed by atoms with van der Waals surface area (Å²) in [5.74, 6) is 0.466. The summed E-state index contributed by atoms with van der Waals surface area (Å²) in [5, 5.41) is 0. The molecule has 5 nitrogen and oxygen atoms in total. The molecule has 0 spiro atoms. The summed E-state index contributed by atoms with van der Waals surface area (Å²) >= 11 is 3.13. The number of hydrogen-bond acceptors (Lipinski definition) is 6. The summed E-state index contributed by atoms with van der Waals surface area (Å²) in [7, 11) is 1.46. The van der Waals surface area contributed by atoms with Gasteiger partial charge in [0.2, 0.25) is 5.91 Å². The first kappa shape index (κ1) is 20.1. The molecule has 8 heteroatoms. The Labute approximate surface area is 177 Å². The Bertz CT molecular complexity index is 970. The van der Waals surface area contributed by atoms with E-state index in [9.17, 15) is 9.18 Å².